The largest absolute Gasteiger partial charge is 0.478 e. The van der Waals surface area contributed by atoms with Crippen molar-refractivity contribution < 1.29 is 29.3 Å². The maximum Gasteiger partial charge on any atom is 0.333 e. The van der Waals surface area contributed by atoms with Crippen molar-refractivity contribution in [2.45, 2.75) is 34.1 Å². The van der Waals surface area contributed by atoms with Crippen LogP contribution in [0.5, 0.6) is 0 Å². The SMILES string of the molecule is C=C(C)C(=O)O.C=C(C)C(=O)OCC.C=C(CC)C(=O)O. The third-order valence-corrected chi connectivity index (χ3v) is 1.72. The summed E-state index contributed by atoms with van der Waals surface area (Å²) in [6, 6.07) is 0. The summed E-state index contributed by atoms with van der Waals surface area (Å²) in [5.41, 5.74) is 0.891. The fourth-order valence-electron chi connectivity index (χ4n) is 0.406. The van der Waals surface area contributed by atoms with Crippen molar-refractivity contribution in [2.24, 2.45) is 0 Å². The first-order valence-electron chi connectivity index (χ1n) is 6.13. The lowest BCUT2D eigenvalue weighted by atomic mass is 10.2. The molecule has 0 saturated heterocycles. The Hall–Kier alpha value is -2.37. The minimum atomic E-state index is -0.935. The van der Waals surface area contributed by atoms with Gasteiger partial charge in [-0.3, -0.25) is 0 Å². The van der Waals surface area contributed by atoms with E-state index >= 15 is 0 Å². The Kier molecular flexibility index (Phi) is 15.9. The van der Waals surface area contributed by atoms with Crippen LogP contribution in [0.25, 0.3) is 0 Å². The molecule has 0 amide bonds. The highest BCUT2D eigenvalue weighted by Crippen LogP contribution is 1.93. The number of aliphatic carboxylic acids is 2. The van der Waals surface area contributed by atoms with Crippen LogP contribution in [-0.4, -0.2) is 34.7 Å². The van der Waals surface area contributed by atoms with E-state index < -0.39 is 11.9 Å². The minimum Gasteiger partial charge on any atom is -0.478 e. The number of carboxylic acid groups (broad SMARTS) is 2. The van der Waals surface area contributed by atoms with Crippen LogP contribution in [0, 0.1) is 0 Å². The Labute approximate surface area is 125 Å². The summed E-state index contributed by atoms with van der Waals surface area (Å²) in [7, 11) is 0. The van der Waals surface area contributed by atoms with Gasteiger partial charge in [-0.15, -0.1) is 0 Å². The van der Waals surface area contributed by atoms with Gasteiger partial charge in [0.1, 0.15) is 0 Å². The van der Waals surface area contributed by atoms with Crippen LogP contribution in [0.15, 0.2) is 36.5 Å². The highest BCUT2D eigenvalue weighted by molar-refractivity contribution is 5.87. The molecular weight excluding hydrogens is 276 g/mol. The molecule has 0 aliphatic heterocycles. The zero-order valence-corrected chi connectivity index (χ0v) is 13.1. The predicted octanol–water partition coefficient (Wildman–Crippen LogP) is 2.81. The van der Waals surface area contributed by atoms with Gasteiger partial charge in [0.05, 0.1) is 6.61 Å². The highest BCUT2D eigenvalue weighted by atomic mass is 16.5. The van der Waals surface area contributed by atoms with Crippen LogP contribution in [0.1, 0.15) is 34.1 Å². The van der Waals surface area contributed by atoms with Crippen LogP contribution in [0.3, 0.4) is 0 Å². The Balaban J connectivity index is -0.000000234. The summed E-state index contributed by atoms with van der Waals surface area (Å²) < 4.78 is 4.56. The average Bonchev–Trinajstić information content (AvgIpc) is 2.39. The molecule has 0 aromatic carbocycles. The zero-order valence-electron chi connectivity index (χ0n) is 13.1. The van der Waals surface area contributed by atoms with Gasteiger partial charge in [-0.1, -0.05) is 26.7 Å². The molecule has 0 aromatic rings. The van der Waals surface area contributed by atoms with Crippen molar-refractivity contribution in [3.63, 3.8) is 0 Å². The third kappa shape index (κ3) is 20.1. The number of hydrogen-bond donors (Lipinski definition) is 2. The molecule has 0 aliphatic carbocycles. The Bertz CT molecular complexity index is 394. The second-order valence-electron chi connectivity index (χ2n) is 3.85. The van der Waals surface area contributed by atoms with Gasteiger partial charge in [0.2, 0.25) is 0 Å². The summed E-state index contributed by atoms with van der Waals surface area (Å²) in [5.74, 6) is -2.15. The number of carbonyl (C=O) groups excluding carboxylic acids is 1. The second-order valence-corrected chi connectivity index (χ2v) is 3.85. The highest BCUT2D eigenvalue weighted by Gasteiger charge is 1.98. The van der Waals surface area contributed by atoms with Gasteiger partial charge in [-0.2, -0.15) is 0 Å². The van der Waals surface area contributed by atoms with Crippen LogP contribution in [0.4, 0.5) is 0 Å². The van der Waals surface area contributed by atoms with Crippen LogP contribution >= 0.6 is 0 Å². The van der Waals surface area contributed by atoms with Gasteiger partial charge in [-0.05, 0) is 27.2 Å². The number of ether oxygens (including phenoxy) is 1. The normalized spacial score (nSPS) is 8.00. The lowest BCUT2D eigenvalue weighted by molar-refractivity contribution is -0.138. The minimum absolute atomic E-state index is 0.176. The van der Waals surface area contributed by atoms with E-state index in [0.29, 0.717) is 18.6 Å². The van der Waals surface area contributed by atoms with Crippen LogP contribution in [0.2, 0.25) is 0 Å². The van der Waals surface area contributed by atoms with Crippen LogP contribution < -0.4 is 0 Å². The molecule has 0 rings (SSSR count). The number of carboxylic acids is 2. The monoisotopic (exact) mass is 300 g/mol. The van der Waals surface area contributed by atoms with Gasteiger partial charge < -0.3 is 14.9 Å². The topological polar surface area (TPSA) is 101 Å². The fourth-order valence-corrected chi connectivity index (χ4v) is 0.406. The molecule has 0 bridgehead atoms. The summed E-state index contributed by atoms with van der Waals surface area (Å²) in [5, 5.41) is 16.0. The molecule has 6 heteroatoms. The average molecular weight is 300 g/mol. The molecule has 0 radical (unpaired) electrons. The van der Waals surface area contributed by atoms with E-state index in [4.69, 9.17) is 10.2 Å². The summed E-state index contributed by atoms with van der Waals surface area (Å²) >= 11 is 0. The van der Waals surface area contributed by atoms with Crippen molar-refractivity contribution >= 4 is 17.9 Å². The van der Waals surface area contributed by atoms with E-state index in [1.807, 2.05) is 0 Å². The van der Waals surface area contributed by atoms with Crippen molar-refractivity contribution in [1.82, 2.24) is 0 Å². The van der Waals surface area contributed by atoms with E-state index in [1.165, 1.54) is 6.92 Å². The van der Waals surface area contributed by atoms with Crippen LogP contribution in [-0.2, 0) is 19.1 Å². The first-order chi connectivity index (χ1) is 9.50. The fraction of sp³-hybridized carbons (Fsp3) is 0.400. The first-order valence-corrected chi connectivity index (χ1v) is 6.13. The molecule has 0 spiro atoms. The Morgan fingerprint density at radius 1 is 0.905 bits per heavy atom. The summed E-state index contributed by atoms with van der Waals surface area (Å²) in [6.07, 6.45) is 0.523. The number of esters is 1. The van der Waals surface area contributed by atoms with Gasteiger partial charge >= 0.3 is 17.9 Å². The second kappa shape index (κ2) is 14.0. The van der Waals surface area contributed by atoms with E-state index in [0.717, 1.165) is 0 Å². The molecule has 0 saturated carbocycles. The maximum absolute atomic E-state index is 10.4. The molecule has 6 nitrogen and oxygen atoms in total. The van der Waals surface area contributed by atoms with Gasteiger partial charge in [-0.25, -0.2) is 14.4 Å². The molecule has 120 valence electrons. The third-order valence-electron chi connectivity index (χ3n) is 1.72. The molecule has 0 heterocycles. The molecule has 0 unspecified atom stereocenters. The van der Waals surface area contributed by atoms with E-state index in [1.54, 1.807) is 20.8 Å². The summed E-state index contributed by atoms with van der Waals surface area (Å²) in [6.45, 7) is 16.8. The standard InChI is InChI=1S/C6H10O2.C5H8O2.C4H6O2/c1-4-8-6(7)5(2)3;1-3-4(2)5(6)7;1-3(2)4(5)6/h2,4H2,1,3H3;2-3H2,1H3,(H,6,7);1H2,2H3,(H,5,6). The summed E-state index contributed by atoms with van der Waals surface area (Å²) in [4.78, 5) is 29.9. The molecule has 0 atom stereocenters. The van der Waals surface area contributed by atoms with Crippen molar-refractivity contribution in [2.75, 3.05) is 6.61 Å². The molecule has 2 N–H and O–H groups in total. The number of rotatable bonds is 5. The first kappa shape index (κ1) is 23.7. The predicted molar refractivity (Wildman–Crippen MR) is 81.0 cm³/mol. The molecule has 0 aliphatic rings. The van der Waals surface area contributed by atoms with Crippen molar-refractivity contribution in [3.8, 4) is 0 Å². The van der Waals surface area contributed by atoms with E-state index in [2.05, 4.69) is 24.5 Å². The molecule has 21 heavy (non-hydrogen) atoms. The van der Waals surface area contributed by atoms with Gasteiger partial charge in [0, 0.05) is 16.7 Å². The molecular formula is C15H24O6. The van der Waals surface area contributed by atoms with Gasteiger partial charge in [0.25, 0.3) is 0 Å². The quantitative estimate of drug-likeness (QED) is 0.598. The number of hydrogen-bond acceptors (Lipinski definition) is 4. The molecule has 0 fully saturated rings. The van der Waals surface area contributed by atoms with Crippen molar-refractivity contribution in [1.29, 1.82) is 0 Å². The van der Waals surface area contributed by atoms with Gasteiger partial charge in [0.15, 0.2) is 0 Å². The smallest absolute Gasteiger partial charge is 0.333 e. The lowest BCUT2D eigenvalue weighted by Crippen LogP contribution is -2.03. The molecule has 0 aromatic heterocycles. The lowest BCUT2D eigenvalue weighted by Gasteiger charge is -1.96. The zero-order chi connectivity index (χ0) is 17.6. The number of carbonyl (C=O) groups is 3. The maximum atomic E-state index is 10.4. The Morgan fingerprint density at radius 2 is 1.29 bits per heavy atom. The Morgan fingerprint density at radius 3 is 1.33 bits per heavy atom. The van der Waals surface area contributed by atoms with Crippen molar-refractivity contribution in [3.05, 3.63) is 36.5 Å². The van der Waals surface area contributed by atoms with E-state index in [9.17, 15) is 14.4 Å². The van der Waals surface area contributed by atoms with E-state index in [-0.39, 0.29) is 17.1 Å².